The van der Waals surface area contributed by atoms with Gasteiger partial charge in [-0.25, -0.2) is 0 Å². The van der Waals surface area contributed by atoms with E-state index in [2.05, 4.69) is 47.6 Å². The van der Waals surface area contributed by atoms with E-state index in [4.69, 9.17) is 11.6 Å². The first kappa shape index (κ1) is 13.4. The van der Waals surface area contributed by atoms with E-state index < -0.39 is 0 Å². The van der Waals surface area contributed by atoms with E-state index >= 15 is 0 Å². The van der Waals surface area contributed by atoms with Gasteiger partial charge < -0.3 is 4.90 Å². The van der Waals surface area contributed by atoms with Crippen LogP contribution >= 0.6 is 11.6 Å². The van der Waals surface area contributed by atoms with Crippen LogP contribution in [-0.4, -0.2) is 36.0 Å². The molecule has 1 fully saturated rings. The normalized spacial score (nSPS) is 16.9. The number of benzene rings is 1. The molecule has 1 aromatic rings. The van der Waals surface area contributed by atoms with Crippen LogP contribution in [0.15, 0.2) is 36.5 Å². The van der Waals surface area contributed by atoms with Crippen LogP contribution in [0, 0.1) is 0 Å². The number of alkyl halides is 1. The smallest absolute Gasteiger partial charge is 0.0474 e. The van der Waals surface area contributed by atoms with E-state index in [0.29, 0.717) is 5.88 Å². The van der Waals surface area contributed by atoms with Gasteiger partial charge in [0.2, 0.25) is 0 Å². The SMILES string of the molecule is C=C(C)N1CCN(Cc2ccc(CCl)cc2)CC1. The Morgan fingerprint density at radius 1 is 1.11 bits per heavy atom. The highest BCUT2D eigenvalue weighted by atomic mass is 35.5. The molecule has 3 heteroatoms. The predicted molar refractivity (Wildman–Crippen MR) is 77.7 cm³/mol. The van der Waals surface area contributed by atoms with Gasteiger partial charge in [0.15, 0.2) is 0 Å². The fraction of sp³-hybridized carbons (Fsp3) is 0.467. The molecule has 0 atom stereocenters. The Bertz CT molecular complexity index is 391. The lowest BCUT2D eigenvalue weighted by Crippen LogP contribution is -2.44. The summed E-state index contributed by atoms with van der Waals surface area (Å²) in [5.74, 6) is 0.595. The Morgan fingerprint density at radius 2 is 1.67 bits per heavy atom. The molecule has 0 aromatic heterocycles. The topological polar surface area (TPSA) is 6.48 Å². The van der Waals surface area contributed by atoms with E-state index in [1.807, 2.05) is 0 Å². The standard InChI is InChI=1S/C15H21ClN2/c1-13(2)18-9-7-17(8-10-18)12-15-5-3-14(11-16)4-6-15/h3-6H,1,7-12H2,2H3. The van der Waals surface area contributed by atoms with Crippen LogP contribution in [0.25, 0.3) is 0 Å². The molecule has 1 aliphatic rings. The van der Waals surface area contributed by atoms with E-state index in [-0.39, 0.29) is 0 Å². The lowest BCUT2D eigenvalue weighted by atomic mass is 10.1. The van der Waals surface area contributed by atoms with Crippen LogP contribution in [0.5, 0.6) is 0 Å². The second kappa shape index (κ2) is 6.26. The Labute approximate surface area is 115 Å². The predicted octanol–water partition coefficient (Wildman–Crippen LogP) is 3.08. The molecule has 18 heavy (non-hydrogen) atoms. The van der Waals surface area contributed by atoms with Crippen molar-refractivity contribution in [3.05, 3.63) is 47.7 Å². The Balaban J connectivity index is 1.85. The summed E-state index contributed by atoms with van der Waals surface area (Å²) in [6.45, 7) is 11.5. The van der Waals surface area contributed by atoms with Gasteiger partial charge >= 0.3 is 0 Å². The molecule has 1 aromatic carbocycles. The maximum absolute atomic E-state index is 5.79. The first-order valence-corrected chi connectivity index (χ1v) is 6.99. The zero-order chi connectivity index (χ0) is 13.0. The van der Waals surface area contributed by atoms with Gasteiger partial charge in [0.05, 0.1) is 0 Å². The number of hydrogen-bond acceptors (Lipinski definition) is 2. The maximum atomic E-state index is 5.79. The third-order valence-corrected chi connectivity index (χ3v) is 3.80. The number of rotatable bonds is 4. The van der Waals surface area contributed by atoms with Gasteiger partial charge in [0.25, 0.3) is 0 Å². The second-order valence-corrected chi connectivity index (χ2v) is 5.22. The van der Waals surface area contributed by atoms with Crippen LogP contribution < -0.4 is 0 Å². The van der Waals surface area contributed by atoms with Crippen molar-refractivity contribution < 1.29 is 0 Å². The summed E-state index contributed by atoms with van der Waals surface area (Å²) in [5, 5.41) is 0. The van der Waals surface area contributed by atoms with Crippen molar-refractivity contribution in [3.63, 3.8) is 0 Å². The van der Waals surface area contributed by atoms with E-state index in [1.165, 1.54) is 16.8 Å². The van der Waals surface area contributed by atoms with E-state index in [0.717, 1.165) is 32.7 Å². The molecule has 0 unspecified atom stereocenters. The summed E-state index contributed by atoms with van der Waals surface area (Å²) in [6.07, 6.45) is 0. The fourth-order valence-electron chi connectivity index (χ4n) is 2.28. The van der Waals surface area contributed by atoms with Gasteiger partial charge in [0.1, 0.15) is 0 Å². The average Bonchev–Trinajstić information content (AvgIpc) is 2.40. The highest BCUT2D eigenvalue weighted by Crippen LogP contribution is 2.12. The summed E-state index contributed by atoms with van der Waals surface area (Å²) in [5.41, 5.74) is 3.74. The van der Waals surface area contributed by atoms with Gasteiger partial charge in [-0.2, -0.15) is 0 Å². The van der Waals surface area contributed by atoms with Crippen molar-refractivity contribution in [1.29, 1.82) is 0 Å². The molecule has 0 radical (unpaired) electrons. The zero-order valence-corrected chi connectivity index (χ0v) is 11.8. The third kappa shape index (κ3) is 3.50. The largest absolute Gasteiger partial charge is 0.373 e. The molecule has 0 bridgehead atoms. The van der Waals surface area contributed by atoms with Crippen LogP contribution in [0.2, 0.25) is 0 Å². The number of halogens is 1. The molecule has 1 saturated heterocycles. The van der Waals surface area contributed by atoms with Crippen LogP contribution in [0.4, 0.5) is 0 Å². The number of nitrogens with zero attached hydrogens (tertiary/aromatic N) is 2. The second-order valence-electron chi connectivity index (χ2n) is 4.95. The summed E-state index contributed by atoms with van der Waals surface area (Å²) in [7, 11) is 0. The van der Waals surface area contributed by atoms with Crippen LogP contribution in [0.3, 0.4) is 0 Å². The summed E-state index contributed by atoms with van der Waals surface area (Å²) in [4.78, 5) is 4.85. The van der Waals surface area contributed by atoms with Crippen molar-refractivity contribution in [1.82, 2.24) is 9.80 Å². The molecule has 0 spiro atoms. The van der Waals surface area contributed by atoms with Crippen LogP contribution in [-0.2, 0) is 12.4 Å². The number of hydrogen-bond donors (Lipinski definition) is 0. The minimum Gasteiger partial charge on any atom is -0.373 e. The molecule has 98 valence electrons. The first-order valence-electron chi connectivity index (χ1n) is 6.45. The molecule has 2 rings (SSSR count). The highest BCUT2D eigenvalue weighted by molar-refractivity contribution is 6.17. The maximum Gasteiger partial charge on any atom is 0.0474 e. The zero-order valence-electron chi connectivity index (χ0n) is 11.0. The monoisotopic (exact) mass is 264 g/mol. The molecule has 1 heterocycles. The van der Waals surface area contributed by atoms with Crippen molar-refractivity contribution in [2.45, 2.75) is 19.3 Å². The highest BCUT2D eigenvalue weighted by Gasteiger charge is 2.16. The average molecular weight is 265 g/mol. The Morgan fingerprint density at radius 3 is 2.17 bits per heavy atom. The molecule has 0 N–H and O–H groups in total. The lowest BCUT2D eigenvalue weighted by molar-refractivity contribution is 0.153. The van der Waals surface area contributed by atoms with Gasteiger partial charge in [0, 0.05) is 44.3 Å². The summed E-state index contributed by atoms with van der Waals surface area (Å²) in [6, 6.07) is 8.60. The molecule has 0 amide bonds. The summed E-state index contributed by atoms with van der Waals surface area (Å²) < 4.78 is 0. The van der Waals surface area contributed by atoms with E-state index in [1.54, 1.807) is 0 Å². The van der Waals surface area contributed by atoms with Crippen molar-refractivity contribution in [2.24, 2.45) is 0 Å². The Kier molecular flexibility index (Phi) is 4.67. The van der Waals surface area contributed by atoms with Crippen molar-refractivity contribution in [2.75, 3.05) is 26.2 Å². The van der Waals surface area contributed by atoms with Crippen LogP contribution in [0.1, 0.15) is 18.1 Å². The summed E-state index contributed by atoms with van der Waals surface area (Å²) >= 11 is 5.79. The molecular formula is C15H21ClN2. The molecule has 1 aliphatic heterocycles. The van der Waals surface area contributed by atoms with Gasteiger partial charge in [-0.15, -0.1) is 11.6 Å². The van der Waals surface area contributed by atoms with Crippen molar-refractivity contribution >= 4 is 11.6 Å². The Hall–Kier alpha value is -0.990. The molecule has 0 aliphatic carbocycles. The third-order valence-electron chi connectivity index (χ3n) is 3.50. The van der Waals surface area contributed by atoms with Gasteiger partial charge in [-0.05, 0) is 18.1 Å². The quantitative estimate of drug-likeness (QED) is 0.772. The molecule has 2 nitrogen and oxygen atoms in total. The lowest BCUT2D eigenvalue weighted by Gasteiger charge is -2.36. The fourth-order valence-corrected chi connectivity index (χ4v) is 2.46. The minimum atomic E-state index is 0.595. The van der Waals surface area contributed by atoms with Gasteiger partial charge in [-0.3, -0.25) is 4.90 Å². The minimum absolute atomic E-state index is 0.595. The van der Waals surface area contributed by atoms with Crippen molar-refractivity contribution in [3.8, 4) is 0 Å². The number of piperazine rings is 1. The number of allylic oxidation sites excluding steroid dienone is 1. The van der Waals surface area contributed by atoms with Gasteiger partial charge in [-0.1, -0.05) is 30.8 Å². The first-order chi connectivity index (χ1) is 8.69. The molecule has 0 saturated carbocycles. The van der Waals surface area contributed by atoms with E-state index in [9.17, 15) is 0 Å². The molecular weight excluding hydrogens is 244 g/mol.